The van der Waals surface area contributed by atoms with Gasteiger partial charge >= 0.3 is 0 Å². The van der Waals surface area contributed by atoms with Crippen LogP contribution in [0.1, 0.15) is 42.6 Å². The van der Waals surface area contributed by atoms with E-state index in [1.807, 2.05) is 11.7 Å². The van der Waals surface area contributed by atoms with Gasteiger partial charge in [-0.1, -0.05) is 0 Å². The fraction of sp³-hybridized carbons (Fsp3) is 0.474. The number of halogens is 2. The number of pyridine rings is 1. The van der Waals surface area contributed by atoms with Gasteiger partial charge in [0.15, 0.2) is 23.8 Å². The van der Waals surface area contributed by atoms with Gasteiger partial charge in [-0.2, -0.15) is 9.19 Å². The number of methoxy groups -OCH3 is 1. The summed E-state index contributed by atoms with van der Waals surface area (Å²) < 4.78 is 33.5. The number of hydrogen-bond acceptors (Lipinski definition) is 7. The normalized spacial score (nSPS) is 19.3. The Kier molecular flexibility index (Phi) is 8.72. The molecule has 4 heterocycles. The summed E-state index contributed by atoms with van der Waals surface area (Å²) >= 11 is -0.179. The second-order valence-corrected chi connectivity index (χ2v) is 7.08. The predicted molar refractivity (Wildman–Crippen MR) is 108 cm³/mol. The van der Waals surface area contributed by atoms with Crippen LogP contribution >= 0.6 is 12.3 Å². The van der Waals surface area contributed by atoms with E-state index in [2.05, 4.69) is 10.1 Å². The minimum absolute atomic E-state index is 0.0789. The van der Waals surface area contributed by atoms with Gasteiger partial charge in [-0.15, -0.1) is 3.89 Å². The fourth-order valence-corrected chi connectivity index (χ4v) is 4.36. The van der Waals surface area contributed by atoms with E-state index >= 15 is 0 Å². The van der Waals surface area contributed by atoms with Crippen molar-refractivity contribution in [1.29, 1.82) is 0 Å². The fourth-order valence-electron chi connectivity index (χ4n) is 4.01. The zero-order chi connectivity index (χ0) is 22.3. The molecule has 8 nitrogen and oxygen atoms in total. The van der Waals surface area contributed by atoms with Crippen molar-refractivity contribution in [1.82, 2.24) is 19.1 Å². The lowest BCUT2D eigenvalue weighted by atomic mass is 10.0. The first-order chi connectivity index (χ1) is 14.6. The molecule has 2 aliphatic heterocycles. The predicted octanol–water partition coefficient (Wildman–Crippen LogP) is 3.05. The summed E-state index contributed by atoms with van der Waals surface area (Å²) in [6.07, 6.45) is 6.10. The third kappa shape index (κ3) is 4.62. The van der Waals surface area contributed by atoms with Crippen LogP contribution in [-0.2, 0) is 4.79 Å². The van der Waals surface area contributed by atoms with E-state index in [-0.39, 0.29) is 53.2 Å². The molecule has 2 atom stereocenters. The number of aromatic nitrogens is 3. The molecule has 0 aliphatic carbocycles. The third-order valence-corrected chi connectivity index (χ3v) is 5.62. The highest BCUT2D eigenvalue weighted by Gasteiger charge is 2.40. The van der Waals surface area contributed by atoms with Crippen molar-refractivity contribution in [3.05, 3.63) is 29.8 Å². The highest BCUT2D eigenvalue weighted by molar-refractivity contribution is 7.92. The van der Waals surface area contributed by atoms with E-state index in [0.717, 1.165) is 49.5 Å². The van der Waals surface area contributed by atoms with Crippen molar-refractivity contribution >= 4 is 25.0 Å². The van der Waals surface area contributed by atoms with Crippen LogP contribution in [0.25, 0.3) is 11.3 Å². The third-order valence-electron chi connectivity index (χ3n) is 5.21. The molecule has 2 bridgehead atoms. The SMILES string of the molecule is C=O.CO.COc1cc(-c2cc(C(=O)N3C4CCCC3CC4)nn2SF)c(F)cn1. The van der Waals surface area contributed by atoms with Crippen LogP contribution in [0.5, 0.6) is 5.88 Å². The maximum absolute atomic E-state index is 14.2. The quantitative estimate of drug-likeness (QED) is 0.777. The number of aliphatic hydroxyl groups is 1. The smallest absolute Gasteiger partial charge is 0.274 e. The van der Waals surface area contributed by atoms with Gasteiger partial charge < -0.3 is 19.5 Å². The number of amides is 1. The van der Waals surface area contributed by atoms with Gasteiger partial charge in [0.25, 0.3) is 5.91 Å². The van der Waals surface area contributed by atoms with Crippen LogP contribution in [-0.4, -0.2) is 63.2 Å². The molecule has 2 aromatic rings. The van der Waals surface area contributed by atoms with E-state index in [9.17, 15) is 13.1 Å². The van der Waals surface area contributed by atoms with Gasteiger partial charge in [0.1, 0.15) is 6.79 Å². The summed E-state index contributed by atoms with van der Waals surface area (Å²) in [6.45, 7) is 2.00. The van der Waals surface area contributed by atoms with Gasteiger partial charge in [0.2, 0.25) is 5.88 Å². The lowest BCUT2D eigenvalue weighted by molar-refractivity contribution is -0.0980. The maximum Gasteiger partial charge on any atom is 0.274 e. The van der Waals surface area contributed by atoms with Gasteiger partial charge in [-0.3, -0.25) is 4.79 Å². The molecule has 2 saturated heterocycles. The first-order valence-corrected chi connectivity index (χ1v) is 9.95. The molecule has 1 amide bonds. The van der Waals surface area contributed by atoms with Crippen molar-refractivity contribution in [3.8, 4) is 17.1 Å². The molecule has 1 N–H and O–H groups in total. The molecule has 11 heteroatoms. The first kappa shape index (κ1) is 23.7. The Labute approximate surface area is 177 Å². The number of ether oxygens (including phenoxy) is 1. The van der Waals surface area contributed by atoms with E-state index in [4.69, 9.17) is 14.6 Å². The molecular formula is C19H24F2N4O4S. The second kappa shape index (κ2) is 11.0. The number of fused-ring (bicyclic) bond motifs is 2. The minimum Gasteiger partial charge on any atom is -0.481 e. The summed E-state index contributed by atoms with van der Waals surface area (Å²) in [4.78, 5) is 26.6. The van der Waals surface area contributed by atoms with Crippen molar-refractivity contribution in [3.63, 3.8) is 0 Å². The molecule has 2 fully saturated rings. The van der Waals surface area contributed by atoms with Crippen molar-refractivity contribution in [2.45, 2.75) is 44.2 Å². The Morgan fingerprint density at radius 1 is 1.23 bits per heavy atom. The first-order valence-electron chi connectivity index (χ1n) is 9.27. The van der Waals surface area contributed by atoms with Crippen LogP contribution in [0.3, 0.4) is 0 Å². The molecule has 0 aromatic carbocycles. The number of aliphatic hydroxyl groups excluding tert-OH is 1. The van der Waals surface area contributed by atoms with Crippen molar-refractivity contribution in [2.24, 2.45) is 0 Å². The van der Waals surface area contributed by atoms with E-state index in [0.29, 0.717) is 0 Å². The van der Waals surface area contributed by atoms with Gasteiger partial charge in [0, 0.05) is 30.8 Å². The van der Waals surface area contributed by atoms with Crippen LogP contribution < -0.4 is 4.74 Å². The molecule has 2 aliphatic rings. The van der Waals surface area contributed by atoms with E-state index in [1.54, 1.807) is 0 Å². The maximum atomic E-state index is 14.2. The lowest BCUT2D eigenvalue weighted by Crippen LogP contribution is -2.44. The Hall–Kier alpha value is -2.53. The number of carbonyl (C=O) groups is 2. The summed E-state index contributed by atoms with van der Waals surface area (Å²) in [5.74, 6) is -0.661. The van der Waals surface area contributed by atoms with Gasteiger partial charge in [-0.05, 0) is 38.2 Å². The number of carbonyl (C=O) groups excluding carboxylic acids is 2. The molecule has 0 saturated carbocycles. The summed E-state index contributed by atoms with van der Waals surface area (Å²) in [7, 11) is 2.41. The highest BCUT2D eigenvalue weighted by Crippen LogP contribution is 2.37. The Bertz CT molecular complexity index is 851. The zero-order valence-corrected chi connectivity index (χ0v) is 17.6. The summed E-state index contributed by atoms with van der Waals surface area (Å²) in [5.41, 5.74) is 0.359. The standard InChI is InChI=1S/C17H18F2N4O2S.CH4O.CH2O/c1-25-16-7-12(13(18)9-20-16)15-8-14(21-23(15)26-19)17(24)22-10-3-2-4-11(22)6-5-10;2*1-2/h7-11H,2-6H2,1H3;2H,1H3;1H2. The van der Waals surface area contributed by atoms with Gasteiger partial charge in [0.05, 0.1) is 19.0 Å². The number of nitrogens with zero attached hydrogens (tertiary/aromatic N) is 4. The summed E-state index contributed by atoms with van der Waals surface area (Å²) in [5, 5.41) is 11.1. The van der Waals surface area contributed by atoms with Crippen LogP contribution in [0.4, 0.5) is 8.28 Å². The molecular weight excluding hydrogens is 418 g/mol. The number of hydrogen-bond donors (Lipinski definition) is 1. The topological polar surface area (TPSA) is 97.5 Å². The molecule has 2 aromatic heterocycles. The molecule has 2 unspecified atom stereocenters. The minimum atomic E-state index is -0.641. The van der Waals surface area contributed by atoms with Crippen molar-refractivity contribution in [2.75, 3.05) is 14.2 Å². The van der Waals surface area contributed by atoms with Crippen molar-refractivity contribution < 1.29 is 27.7 Å². The monoisotopic (exact) mass is 442 g/mol. The largest absolute Gasteiger partial charge is 0.481 e. The molecule has 0 spiro atoms. The zero-order valence-electron chi connectivity index (χ0n) is 16.8. The lowest BCUT2D eigenvalue weighted by Gasteiger charge is -2.34. The average molecular weight is 442 g/mol. The molecule has 0 radical (unpaired) electrons. The highest BCUT2D eigenvalue weighted by atomic mass is 32.2. The molecule has 164 valence electrons. The van der Waals surface area contributed by atoms with Crippen LogP contribution in [0, 0.1) is 5.82 Å². The Morgan fingerprint density at radius 3 is 2.43 bits per heavy atom. The van der Waals surface area contributed by atoms with E-state index < -0.39 is 5.82 Å². The Morgan fingerprint density at radius 2 is 1.87 bits per heavy atom. The number of piperidine rings is 1. The number of rotatable bonds is 4. The molecule has 4 rings (SSSR count). The van der Waals surface area contributed by atoms with Crippen LogP contribution in [0.15, 0.2) is 18.3 Å². The average Bonchev–Trinajstić information content (AvgIpc) is 3.34. The second-order valence-electron chi connectivity index (χ2n) is 6.59. The van der Waals surface area contributed by atoms with E-state index in [1.165, 1.54) is 19.2 Å². The molecule has 30 heavy (non-hydrogen) atoms. The summed E-state index contributed by atoms with van der Waals surface area (Å²) in [6, 6.07) is 3.25. The van der Waals surface area contributed by atoms with Crippen LogP contribution in [0.2, 0.25) is 0 Å². The Balaban J connectivity index is 0.000000757. The van der Waals surface area contributed by atoms with Gasteiger partial charge in [-0.25, -0.2) is 9.37 Å².